The highest BCUT2D eigenvalue weighted by Gasteiger charge is 2.10. The van der Waals surface area contributed by atoms with Crippen LogP contribution in [0.1, 0.15) is 21.6 Å². The SMILES string of the molecule is Cc1ccnn1-c1ccc(C(=O)OCc2ccc([N+](=O)[O-])cc2)cc1. The summed E-state index contributed by atoms with van der Waals surface area (Å²) < 4.78 is 7.01. The van der Waals surface area contributed by atoms with Gasteiger partial charge in [-0.05, 0) is 55.0 Å². The molecule has 25 heavy (non-hydrogen) atoms. The van der Waals surface area contributed by atoms with Crippen LogP contribution in [0.25, 0.3) is 5.69 Å². The van der Waals surface area contributed by atoms with E-state index in [1.54, 1.807) is 47.3 Å². The fourth-order valence-corrected chi connectivity index (χ4v) is 2.32. The van der Waals surface area contributed by atoms with Gasteiger partial charge in [-0.3, -0.25) is 10.1 Å². The molecule has 0 aliphatic carbocycles. The Bertz CT molecular complexity index is 899. The van der Waals surface area contributed by atoms with E-state index < -0.39 is 10.9 Å². The quantitative estimate of drug-likeness (QED) is 0.404. The Balaban J connectivity index is 1.63. The molecule has 0 unspecified atom stereocenters. The second-order valence-corrected chi connectivity index (χ2v) is 5.43. The zero-order valence-electron chi connectivity index (χ0n) is 13.5. The molecule has 0 saturated carbocycles. The van der Waals surface area contributed by atoms with Gasteiger partial charge in [0.05, 0.1) is 16.2 Å². The lowest BCUT2D eigenvalue weighted by molar-refractivity contribution is -0.384. The monoisotopic (exact) mass is 337 g/mol. The predicted octanol–water partition coefficient (Wildman–Crippen LogP) is 3.45. The number of nitro groups is 1. The van der Waals surface area contributed by atoms with Crippen LogP contribution in [0.5, 0.6) is 0 Å². The number of nitrogens with zero attached hydrogens (tertiary/aromatic N) is 3. The fourth-order valence-electron chi connectivity index (χ4n) is 2.32. The largest absolute Gasteiger partial charge is 0.457 e. The number of non-ortho nitro benzene ring substituents is 1. The second-order valence-electron chi connectivity index (χ2n) is 5.43. The molecule has 7 nitrogen and oxygen atoms in total. The molecule has 126 valence electrons. The number of hydrogen-bond acceptors (Lipinski definition) is 5. The first-order chi connectivity index (χ1) is 12.0. The van der Waals surface area contributed by atoms with E-state index in [1.165, 1.54) is 12.1 Å². The highest BCUT2D eigenvalue weighted by atomic mass is 16.6. The summed E-state index contributed by atoms with van der Waals surface area (Å²) in [6.07, 6.45) is 1.71. The van der Waals surface area contributed by atoms with Gasteiger partial charge in [0, 0.05) is 24.0 Å². The molecule has 0 fully saturated rings. The van der Waals surface area contributed by atoms with Crippen molar-refractivity contribution >= 4 is 11.7 Å². The van der Waals surface area contributed by atoms with Gasteiger partial charge in [0.2, 0.25) is 0 Å². The first-order valence-electron chi connectivity index (χ1n) is 7.56. The third kappa shape index (κ3) is 3.72. The van der Waals surface area contributed by atoms with Gasteiger partial charge in [0.1, 0.15) is 6.61 Å². The molecule has 0 radical (unpaired) electrons. The molecule has 0 bridgehead atoms. The van der Waals surface area contributed by atoms with E-state index in [9.17, 15) is 14.9 Å². The van der Waals surface area contributed by atoms with Crippen molar-refractivity contribution in [2.45, 2.75) is 13.5 Å². The Morgan fingerprint density at radius 2 is 1.80 bits per heavy atom. The summed E-state index contributed by atoms with van der Waals surface area (Å²) in [5.74, 6) is -0.456. The van der Waals surface area contributed by atoms with Crippen LogP contribution >= 0.6 is 0 Å². The molecule has 0 N–H and O–H groups in total. The van der Waals surface area contributed by atoms with Gasteiger partial charge in [0.15, 0.2) is 0 Å². The zero-order chi connectivity index (χ0) is 17.8. The van der Waals surface area contributed by atoms with Crippen molar-refractivity contribution in [2.24, 2.45) is 0 Å². The van der Waals surface area contributed by atoms with E-state index in [4.69, 9.17) is 4.74 Å². The minimum absolute atomic E-state index is 0.000389. The molecule has 1 heterocycles. The summed E-state index contributed by atoms with van der Waals surface area (Å²) >= 11 is 0. The van der Waals surface area contributed by atoms with Crippen LogP contribution in [-0.2, 0) is 11.3 Å². The molecule has 1 aromatic heterocycles. The maximum absolute atomic E-state index is 12.1. The van der Waals surface area contributed by atoms with E-state index in [0.29, 0.717) is 11.1 Å². The van der Waals surface area contributed by atoms with Gasteiger partial charge in [-0.2, -0.15) is 5.10 Å². The van der Waals surface area contributed by atoms with Crippen LogP contribution in [0.15, 0.2) is 60.8 Å². The summed E-state index contributed by atoms with van der Waals surface area (Å²) in [6.45, 7) is 2.00. The molecule has 7 heteroatoms. The van der Waals surface area contributed by atoms with Crippen LogP contribution in [-0.4, -0.2) is 20.7 Å². The maximum atomic E-state index is 12.1. The topological polar surface area (TPSA) is 87.3 Å². The van der Waals surface area contributed by atoms with E-state index in [0.717, 1.165) is 11.4 Å². The van der Waals surface area contributed by atoms with E-state index in [1.807, 2.05) is 13.0 Å². The Kier molecular flexibility index (Phi) is 4.56. The first kappa shape index (κ1) is 16.4. The number of nitro benzene ring substituents is 1. The molecule has 0 amide bonds. The number of hydrogen-bond donors (Lipinski definition) is 0. The molecule has 0 saturated heterocycles. The summed E-state index contributed by atoms with van der Waals surface area (Å²) in [5, 5.41) is 14.8. The summed E-state index contributed by atoms with van der Waals surface area (Å²) in [6, 6.07) is 14.7. The minimum atomic E-state index is -0.474. The van der Waals surface area contributed by atoms with Crippen molar-refractivity contribution < 1.29 is 14.5 Å². The highest BCUT2D eigenvalue weighted by molar-refractivity contribution is 5.89. The lowest BCUT2D eigenvalue weighted by Crippen LogP contribution is -2.06. The van der Waals surface area contributed by atoms with Crippen LogP contribution in [0, 0.1) is 17.0 Å². The smallest absolute Gasteiger partial charge is 0.338 e. The average Bonchev–Trinajstić information content (AvgIpc) is 3.06. The second kappa shape index (κ2) is 6.96. The number of carbonyl (C=O) groups excluding carboxylic acids is 1. The summed E-state index contributed by atoms with van der Waals surface area (Å²) in [4.78, 5) is 22.2. The molecule has 0 aliphatic rings. The molecule has 0 atom stereocenters. The van der Waals surface area contributed by atoms with Gasteiger partial charge in [-0.15, -0.1) is 0 Å². The van der Waals surface area contributed by atoms with Crippen LogP contribution in [0.4, 0.5) is 5.69 Å². The molecular weight excluding hydrogens is 322 g/mol. The lowest BCUT2D eigenvalue weighted by atomic mass is 10.2. The van der Waals surface area contributed by atoms with Gasteiger partial charge in [-0.25, -0.2) is 9.48 Å². The van der Waals surface area contributed by atoms with Crippen molar-refractivity contribution in [2.75, 3.05) is 0 Å². The third-order valence-corrected chi connectivity index (χ3v) is 3.70. The van der Waals surface area contributed by atoms with Gasteiger partial charge < -0.3 is 4.74 Å². The minimum Gasteiger partial charge on any atom is -0.457 e. The van der Waals surface area contributed by atoms with Crippen molar-refractivity contribution in [3.05, 3.63) is 87.7 Å². The predicted molar refractivity (Wildman–Crippen MR) is 90.5 cm³/mol. The number of benzene rings is 2. The number of ether oxygens (including phenoxy) is 1. The molecule has 0 spiro atoms. The van der Waals surface area contributed by atoms with E-state index >= 15 is 0 Å². The Labute approximate surface area is 143 Å². The normalized spacial score (nSPS) is 10.4. The number of carbonyl (C=O) groups is 1. The van der Waals surface area contributed by atoms with Crippen LogP contribution in [0.3, 0.4) is 0 Å². The number of esters is 1. The third-order valence-electron chi connectivity index (χ3n) is 3.70. The summed E-state index contributed by atoms with van der Waals surface area (Å²) in [7, 11) is 0. The Morgan fingerprint density at radius 1 is 1.12 bits per heavy atom. The number of aryl methyl sites for hydroxylation is 1. The first-order valence-corrected chi connectivity index (χ1v) is 7.56. The molecule has 3 rings (SSSR count). The Morgan fingerprint density at radius 3 is 2.36 bits per heavy atom. The van der Waals surface area contributed by atoms with Crippen molar-refractivity contribution in [3.8, 4) is 5.69 Å². The van der Waals surface area contributed by atoms with Crippen molar-refractivity contribution in [3.63, 3.8) is 0 Å². The molecule has 2 aromatic carbocycles. The molecule has 3 aromatic rings. The van der Waals surface area contributed by atoms with Gasteiger partial charge >= 0.3 is 5.97 Å². The molecule has 0 aliphatic heterocycles. The highest BCUT2D eigenvalue weighted by Crippen LogP contribution is 2.15. The number of aromatic nitrogens is 2. The average molecular weight is 337 g/mol. The summed E-state index contributed by atoms with van der Waals surface area (Å²) in [5.41, 5.74) is 2.96. The standard InChI is InChI=1S/C18H15N3O4/c1-13-10-11-19-20(13)16-8-4-15(5-9-16)18(22)25-12-14-2-6-17(7-3-14)21(23)24/h2-11H,12H2,1H3. The van der Waals surface area contributed by atoms with Crippen molar-refractivity contribution in [1.29, 1.82) is 0 Å². The lowest BCUT2D eigenvalue weighted by Gasteiger charge is -2.07. The van der Waals surface area contributed by atoms with E-state index in [2.05, 4.69) is 5.10 Å². The van der Waals surface area contributed by atoms with Gasteiger partial charge in [-0.1, -0.05) is 0 Å². The Hall–Kier alpha value is -3.48. The fraction of sp³-hybridized carbons (Fsp3) is 0.111. The van der Waals surface area contributed by atoms with Gasteiger partial charge in [0.25, 0.3) is 5.69 Å². The van der Waals surface area contributed by atoms with Crippen LogP contribution < -0.4 is 0 Å². The number of rotatable bonds is 5. The van der Waals surface area contributed by atoms with Crippen molar-refractivity contribution in [1.82, 2.24) is 9.78 Å². The molecular formula is C18H15N3O4. The van der Waals surface area contributed by atoms with E-state index in [-0.39, 0.29) is 12.3 Å². The zero-order valence-corrected chi connectivity index (χ0v) is 13.5. The maximum Gasteiger partial charge on any atom is 0.338 e. The van der Waals surface area contributed by atoms with Crippen LogP contribution in [0.2, 0.25) is 0 Å².